The van der Waals surface area contributed by atoms with Crippen LogP contribution in [0.1, 0.15) is 11.1 Å². The normalized spacial score (nSPS) is 10.0. The smallest absolute Gasteiger partial charge is 0.489 e. The summed E-state index contributed by atoms with van der Waals surface area (Å²) in [5.74, 6) is 0.425. The molecule has 0 aliphatic rings. The largest absolute Gasteiger partial charge is 0.513 e. The lowest BCUT2D eigenvalue weighted by Crippen LogP contribution is -2.09. The van der Waals surface area contributed by atoms with Crippen molar-refractivity contribution in [3.8, 4) is 11.5 Å². The summed E-state index contributed by atoms with van der Waals surface area (Å²) in [6.07, 6.45) is -0.802. The first kappa shape index (κ1) is 14.8. The number of carbonyl (C=O) groups excluding carboxylic acids is 1. The van der Waals surface area contributed by atoms with Crippen LogP contribution in [0, 0.1) is 12.7 Å². The number of hydrogen-bond acceptors (Lipinski definition) is 4. The Morgan fingerprint density at radius 1 is 1.19 bits per heavy atom. The fourth-order valence-electron chi connectivity index (χ4n) is 1.68. The van der Waals surface area contributed by atoms with Crippen molar-refractivity contribution < 1.29 is 23.4 Å². The molecule has 0 aliphatic carbocycles. The number of methoxy groups -OCH3 is 1. The number of benzene rings is 2. The summed E-state index contributed by atoms with van der Waals surface area (Å²) >= 11 is 0. The lowest BCUT2D eigenvalue weighted by atomic mass is 10.2. The molecule has 0 aromatic heterocycles. The van der Waals surface area contributed by atoms with E-state index in [2.05, 4.69) is 4.74 Å². The first-order valence-electron chi connectivity index (χ1n) is 6.33. The Balaban J connectivity index is 2.09. The monoisotopic (exact) mass is 290 g/mol. The van der Waals surface area contributed by atoms with Gasteiger partial charge in [-0.1, -0.05) is 24.3 Å². The van der Waals surface area contributed by atoms with Gasteiger partial charge in [0.25, 0.3) is 0 Å². The minimum Gasteiger partial charge on any atom is -0.489 e. The molecular weight excluding hydrogens is 275 g/mol. The van der Waals surface area contributed by atoms with Gasteiger partial charge < -0.3 is 14.2 Å². The fourth-order valence-corrected chi connectivity index (χ4v) is 1.68. The minimum atomic E-state index is -0.802. The molecule has 2 aromatic carbocycles. The molecule has 0 heterocycles. The Morgan fingerprint density at radius 3 is 2.67 bits per heavy atom. The lowest BCUT2D eigenvalue weighted by Gasteiger charge is -2.11. The number of carbonyl (C=O) groups is 1. The van der Waals surface area contributed by atoms with Gasteiger partial charge in [-0.15, -0.1) is 0 Å². The molecule has 0 aliphatic heterocycles. The van der Waals surface area contributed by atoms with Crippen molar-refractivity contribution in [2.75, 3.05) is 7.11 Å². The number of rotatable bonds is 4. The number of para-hydroxylation sites is 1. The van der Waals surface area contributed by atoms with Gasteiger partial charge in [-0.05, 0) is 24.6 Å². The predicted molar refractivity (Wildman–Crippen MR) is 74.9 cm³/mol. The van der Waals surface area contributed by atoms with Crippen molar-refractivity contribution >= 4 is 6.16 Å². The van der Waals surface area contributed by atoms with Crippen molar-refractivity contribution in [3.63, 3.8) is 0 Å². The van der Waals surface area contributed by atoms with E-state index in [1.54, 1.807) is 43.3 Å². The molecule has 0 amide bonds. The quantitative estimate of drug-likeness (QED) is 0.633. The van der Waals surface area contributed by atoms with Crippen LogP contribution in [0.25, 0.3) is 0 Å². The highest BCUT2D eigenvalue weighted by molar-refractivity contribution is 5.64. The van der Waals surface area contributed by atoms with Crippen molar-refractivity contribution in [2.45, 2.75) is 13.5 Å². The van der Waals surface area contributed by atoms with E-state index >= 15 is 0 Å². The van der Waals surface area contributed by atoms with Crippen molar-refractivity contribution in [2.24, 2.45) is 0 Å². The van der Waals surface area contributed by atoms with Crippen LogP contribution in [0.4, 0.5) is 9.18 Å². The van der Waals surface area contributed by atoms with Crippen LogP contribution in [-0.4, -0.2) is 13.3 Å². The summed E-state index contributed by atoms with van der Waals surface area (Å²) < 4.78 is 28.4. The molecule has 4 nitrogen and oxygen atoms in total. The maximum absolute atomic E-state index is 13.4. The summed E-state index contributed by atoms with van der Waals surface area (Å²) in [5.41, 5.74) is 1.21. The van der Waals surface area contributed by atoms with Crippen LogP contribution < -0.4 is 9.47 Å². The van der Waals surface area contributed by atoms with E-state index < -0.39 is 6.16 Å². The van der Waals surface area contributed by atoms with Crippen LogP contribution in [-0.2, 0) is 11.3 Å². The molecule has 110 valence electrons. The Bertz CT molecular complexity index is 640. The highest BCUT2D eigenvalue weighted by Crippen LogP contribution is 2.22. The zero-order valence-corrected chi connectivity index (χ0v) is 11.8. The van der Waals surface area contributed by atoms with Gasteiger partial charge >= 0.3 is 6.16 Å². The SMILES string of the molecule is COC(=O)Oc1ccccc1COc1ccc(C)c(F)c1. The van der Waals surface area contributed by atoms with Crippen LogP contribution in [0.5, 0.6) is 11.5 Å². The summed E-state index contributed by atoms with van der Waals surface area (Å²) in [6.45, 7) is 1.83. The number of ether oxygens (including phenoxy) is 3. The second-order valence-corrected chi connectivity index (χ2v) is 4.36. The average Bonchev–Trinajstić information content (AvgIpc) is 2.49. The van der Waals surface area contributed by atoms with Crippen LogP contribution in [0.15, 0.2) is 42.5 Å². The van der Waals surface area contributed by atoms with Crippen molar-refractivity contribution in [1.29, 1.82) is 0 Å². The lowest BCUT2D eigenvalue weighted by molar-refractivity contribution is 0.120. The number of hydrogen-bond donors (Lipinski definition) is 0. The van der Waals surface area contributed by atoms with E-state index in [9.17, 15) is 9.18 Å². The Kier molecular flexibility index (Phi) is 4.77. The summed E-state index contributed by atoms with van der Waals surface area (Å²) in [4.78, 5) is 11.2. The highest BCUT2D eigenvalue weighted by atomic mass is 19.1. The Hall–Kier alpha value is -2.56. The average molecular weight is 290 g/mol. The van der Waals surface area contributed by atoms with Gasteiger partial charge in [0.1, 0.15) is 23.9 Å². The van der Waals surface area contributed by atoms with E-state index in [-0.39, 0.29) is 12.4 Å². The second kappa shape index (κ2) is 6.74. The molecule has 0 unspecified atom stereocenters. The number of aryl methyl sites for hydroxylation is 1. The van der Waals surface area contributed by atoms with E-state index in [0.717, 1.165) is 0 Å². The maximum atomic E-state index is 13.4. The first-order chi connectivity index (χ1) is 10.1. The number of halogens is 1. The third-order valence-corrected chi connectivity index (χ3v) is 2.87. The zero-order valence-electron chi connectivity index (χ0n) is 11.8. The second-order valence-electron chi connectivity index (χ2n) is 4.36. The Labute approximate surface area is 122 Å². The molecule has 0 spiro atoms. The van der Waals surface area contributed by atoms with Gasteiger partial charge in [-0.25, -0.2) is 9.18 Å². The summed E-state index contributed by atoms with van der Waals surface area (Å²) in [7, 11) is 1.23. The third kappa shape index (κ3) is 3.95. The van der Waals surface area contributed by atoms with Gasteiger partial charge in [0.15, 0.2) is 0 Å². The van der Waals surface area contributed by atoms with E-state index in [1.165, 1.54) is 13.2 Å². The van der Waals surface area contributed by atoms with E-state index in [4.69, 9.17) is 9.47 Å². The van der Waals surface area contributed by atoms with E-state index in [0.29, 0.717) is 22.6 Å². The fraction of sp³-hybridized carbons (Fsp3) is 0.188. The Morgan fingerprint density at radius 2 is 1.95 bits per heavy atom. The van der Waals surface area contributed by atoms with Crippen LogP contribution >= 0.6 is 0 Å². The molecule has 0 bridgehead atoms. The third-order valence-electron chi connectivity index (χ3n) is 2.87. The van der Waals surface area contributed by atoms with Crippen LogP contribution in [0.3, 0.4) is 0 Å². The molecule has 0 fully saturated rings. The summed E-state index contributed by atoms with van der Waals surface area (Å²) in [5, 5.41) is 0. The van der Waals surface area contributed by atoms with Gasteiger partial charge in [-0.3, -0.25) is 0 Å². The first-order valence-corrected chi connectivity index (χ1v) is 6.33. The molecule has 0 radical (unpaired) electrons. The van der Waals surface area contributed by atoms with Gasteiger partial charge in [0, 0.05) is 11.6 Å². The molecule has 5 heteroatoms. The molecule has 21 heavy (non-hydrogen) atoms. The molecule has 0 saturated carbocycles. The highest BCUT2D eigenvalue weighted by Gasteiger charge is 2.09. The molecule has 0 atom stereocenters. The van der Waals surface area contributed by atoms with Gasteiger partial charge in [0.05, 0.1) is 7.11 Å². The molecule has 0 saturated heterocycles. The maximum Gasteiger partial charge on any atom is 0.513 e. The van der Waals surface area contributed by atoms with Gasteiger partial charge in [-0.2, -0.15) is 0 Å². The summed E-state index contributed by atoms with van der Waals surface area (Å²) in [6, 6.07) is 11.5. The standard InChI is InChI=1S/C16H15FO4/c1-11-7-8-13(9-14(11)17)20-10-12-5-3-4-6-15(12)21-16(18)19-2/h3-9H,10H2,1-2H3. The molecular formula is C16H15FO4. The predicted octanol–water partition coefficient (Wildman–Crippen LogP) is 3.86. The van der Waals surface area contributed by atoms with Crippen LogP contribution in [0.2, 0.25) is 0 Å². The zero-order chi connectivity index (χ0) is 15.2. The molecule has 2 aromatic rings. The van der Waals surface area contributed by atoms with Gasteiger partial charge in [0.2, 0.25) is 0 Å². The topological polar surface area (TPSA) is 44.8 Å². The minimum absolute atomic E-state index is 0.148. The van der Waals surface area contributed by atoms with Crippen molar-refractivity contribution in [1.82, 2.24) is 0 Å². The molecule has 2 rings (SSSR count). The molecule has 0 N–H and O–H groups in total. The van der Waals surface area contributed by atoms with E-state index in [1.807, 2.05) is 0 Å². The van der Waals surface area contributed by atoms with Crippen molar-refractivity contribution in [3.05, 3.63) is 59.4 Å².